The lowest BCUT2D eigenvalue weighted by atomic mass is 10.1. The Kier molecular flexibility index (Phi) is 13.5. The molecule has 1 aromatic heterocycles. The molecule has 0 aliphatic rings. The van der Waals surface area contributed by atoms with Gasteiger partial charge in [-0.1, -0.05) is 51.2 Å². The summed E-state index contributed by atoms with van der Waals surface area (Å²) < 4.78 is 0. The Morgan fingerprint density at radius 3 is 2.38 bits per heavy atom. The van der Waals surface area contributed by atoms with E-state index in [1.165, 1.54) is 44.4 Å². The SMILES string of the molecule is CCCCCCCCNC(=O)CCC.O=c1ccnn[nH]1. The number of rotatable bonds is 9. The normalized spacial score (nSPS) is 9.62. The number of nitrogens with one attached hydrogen (secondary N) is 2. The molecule has 0 saturated heterocycles. The number of aromatic nitrogens is 3. The van der Waals surface area contributed by atoms with E-state index in [2.05, 4.69) is 27.7 Å². The lowest BCUT2D eigenvalue weighted by Gasteiger charge is -2.03. The second-order valence-electron chi connectivity index (χ2n) is 4.87. The van der Waals surface area contributed by atoms with Gasteiger partial charge in [0.15, 0.2) is 0 Å². The Hall–Kier alpha value is -1.72. The van der Waals surface area contributed by atoms with Crippen molar-refractivity contribution in [2.75, 3.05) is 6.54 Å². The summed E-state index contributed by atoms with van der Waals surface area (Å²) in [5, 5.41) is 11.6. The first-order valence-electron chi connectivity index (χ1n) is 7.83. The van der Waals surface area contributed by atoms with Gasteiger partial charge in [-0.2, -0.15) is 0 Å². The maximum absolute atomic E-state index is 11.1. The van der Waals surface area contributed by atoms with Crippen molar-refractivity contribution >= 4 is 5.91 Å². The van der Waals surface area contributed by atoms with E-state index >= 15 is 0 Å². The molecule has 0 bridgehead atoms. The monoisotopic (exact) mass is 296 g/mol. The molecule has 6 heteroatoms. The first kappa shape index (κ1) is 19.3. The van der Waals surface area contributed by atoms with E-state index < -0.39 is 0 Å². The van der Waals surface area contributed by atoms with Crippen molar-refractivity contribution in [3.05, 3.63) is 22.6 Å². The highest BCUT2D eigenvalue weighted by molar-refractivity contribution is 5.75. The molecule has 0 spiro atoms. The minimum absolute atomic E-state index is 0.209. The first-order chi connectivity index (χ1) is 10.2. The van der Waals surface area contributed by atoms with Crippen LogP contribution in [-0.4, -0.2) is 27.9 Å². The molecular weight excluding hydrogens is 268 g/mol. The summed E-state index contributed by atoms with van der Waals surface area (Å²) in [5.41, 5.74) is -0.227. The summed E-state index contributed by atoms with van der Waals surface area (Å²) in [6, 6.07) is 1.30. The third-order valence-corrected chi connectivity index (χ3v) is 2.84. The zero-order valence-electron chi connectivity index (χ0n) is 13.2. The smallest absolute Gasteiger partial charge is 0.267 e. The molecule has 2 N–H and O–H groups in total. The van der Waals surface area contributed by atoms with E-state index in [1.807, 2.05) is 6.92 Å². The number of carbonyl (C=O) groups excluding carboxylic acids is 1. The van der Waals surface area contributed by atoms with E-state index in [9.17, 15) is 9.59 Å². The van der Waals surface area contributed by atoms with Crippen LogP contribution in [0.1, 0.15) is 65.2 Å². The summed E-state index contributed by atoms with van der Waals surface area (Å²) in [4.78, 5) is 21.2. The second-order valence-corrected chi connectivity index (χ2v) is 4.87. The average molecular weight is 296 g/mol. The van der Waals surface area contributed by atoms with Crippen LogP contribution < -0.4 is 10.9 Å². The fourth-order valence-electron chi connectivity index (χ4n) is 1.70. The molecule has 0 aromatic carbocycles. The quantitative estimate of drug-likeness (QED) is 0.685. The number of nitrogens with zero attached hydrogens (tertiary/aromatic N) is 2. The topological polar surface area (TPSA) is 87.7 Å². The number of H-pyrrole nitrogens is 1. The van der Waals surface area contributed by atoms with Gasteiger partial charge in [0.05, 0.1) is 6.20 Å². The Morgan fingerprint density at radius 1 is 1.14 bits per heavy atom. The fraction of sp³-hybridized carbons (Fsp3) is 0.733. The van der Waals surface area contributed by atoms with Crippen molar-refractivity contribution in [3.8, 4) is 0 Å². The minimum atomic E-state index is -0.227. The lowest BCUT2D eigenvalue weighted by Crippen LogP contribution is -2.23. The summed E-state index contributed by atoms with van der Waals surface area (Å²) >= 11 is 0. The summed E-state index contributed by atoms with van der Waals surface area (Å²) in [7, 11) is 0. The Morgan fingerprint density at radius 2 is 1.86 bits per heavy atom. The average Bonchev–Trinajstić information content (AvgIpc) is 2.48. The van der Waals surface area contributed by atoms with E-state index in [0.717, 1.165) is 19.4 Å². The zero-order chi connectivity index (χ0) is 15.8. The van der Waals surface area contributed by atoms with Gasteiger partial charge in [0.1, 0.15) is 0 Å². The third-order valence-electron chi connectivity index (χ3n) is 2.84. The van der Waals surface area contributed by atoms with Crippen LogP contribution in [0.5, 0.6) is 0 Å². The number of hydrogen-bond acceptors (Lipinski definition) is 4. The Bertz CT molecular complexity index is 389. The summed E-state index contributed by atoms with van der Waals surface area (Å²) in [6.07, 6.45) is 10.7. The van der Waals surface area contributed by atoms with Gasteiger partial charge in [0, 0.05) is 19.0 Å². The van der Waals surface area contributed by atoms with Crippen LogP contribution in [0.3, 0.4) is 0 Å². The van der Waals surface area contributed by atoms with Gasteiger partial charge in [0.25, 0.3) is 5.56 Å². The first-order valence-corrected chi connectivity index (χ1v) is 7.83. The zero-order valence-corrected chi connectivity index (χ0v) is 13.2. The number of hydrogen-bond donors (Lipinski definition) is 2. The van der Waals surface area contributed by atoms with Gasteiger partial charge in [-0.15, -0.1) is 5.10 Å². The maximum Gasteiger partial charge on any atom is 0.267 e. The molecule has 0 radical (unpaired) electrons. The van der Waals surface area contributed by atoms with Gasteiger partial charge >= 0.3 is 0 Å². The molecule has 120 valence electrons. The van der Waals surface area contributed by atoms with Gasteiger partial charge < -0.3 is 5.32 Å². The van der Waals surface area contributed by atoms with Crippen LogP contribution in [0, 0.1) is 0 Å². The molecule has 0 aliphatic carbocycles. The van der Waals surface area contributed by atoms with Crippen LogP contribution >= 0.6 is 0 Å². The molecular formula is C15H28N4O2. The molecule has 1 rings (SSSR count). The van der Waals surface area contributed by atoms with Crippen LogP contribution in [0.15, 0.2) is 17.1 Å². The second kappa shape index (κ2) is 14.7. The van der Waals surface area contributed by atoms with Crippen molar-refractivity contribution in [2.24, 2.45) is 0 Å². The van der Waals surface area contributed by atoms with Gasteiger partial charge in [0.2, 0.25) is 5.91 Å². The molecule has 0 atom stereocenters. The van der Waals surface area contributed by atoms with Crippen molar-refractivity contribution in [1.29, 1.82) is 0 Å². The lowest BCUT2D eigenvalue weighted by molar-refractivity contribution is -0.121. The van der Waals surface area contributed by atoms with Crippen molar-refractivity contribution in [1.82, 2.24) is 20.7 Å². The number of unbranched alkanes of at least 4 members (excludes halogenated alkanes) is 5. The minimum Gasteiger partial charge on any atom is -0.356 e. The predicted molar refractivity (Wildman–Crippen MR) is 83.9 cm³/mol. The highest BCUT2D eigenvalue weighted by Crippen LogP contribution is 2.04. The number of amides is 1. The highest BCUT2D eigenvalue weighted by atomic mass is 16.1. The molecule has 0 saturated carbocycles. The largest absolute Gasteiger partial charge is 0.356 e. The van der Waals surface area contributed by atoms with E-state index in [0.29, 0.717) is 6.42 Å². The van der Waals surface area contributed by atoms with Gasteiger partial charge in [-0.3, -0.25) is 9.59 Å². The van der Waals surface area contributed by atoms with Crippen LogP contribution in [0.25, 0.3) is 0 Å². The van der Waals surface area contributed by atoms with Crippen LogP contribution in [-0.2, 0) is 4.79 Å². The highest BCUT2D eigenvalue weighted by Gasteiger charge is 1.96. The van der Waals surface area contributed by atoms with E-state index in [-0.39, 0.29) is 11.5 Å². The maximum atomic E-state index is 11.1. The van der Waals surface area contributed by atoms with Gasteiger partial charge in [-0.25, -0.2) is 5.10 Å². The molecule has 0 fully saturated rings. The molecule has 0 unspecified atom stereocenters. The fourth-order valence-corrected chi connectivity index (χ4v) is 1.70. The summed E-state index contributed by atoms with van der Waals surface area (Å²) in [6.45, 7) is 5.13. The Balaban J connectivity index is 0.000000471. The number of aromatic amines is 1. The summed E-state index contributed by atoms with van der Waals surface area (Å²) in [5.74, 6) is 0.209. The van der Waals surface area contributed by atoms with Crippen molar-refractivity contribution in [3.63, 3.8) is 0 Å². The van der Waals surface area contributed by atoms with Gasteiger partial charge in [-0.05, 0) is 12.8 Å². The molecule has 6 nitrogen and oxygen atoms in total. The Labute approximate surface area is 126 Å². The van der Waals surface area contributed by atoms with Crippen molar-refractivity contribution < 1.29 is 4.79 Å². The molecule has 1 aromatic rings. The molecule has 0 aliphatic heterocycles. The van der Waals surface area contributed by atoms with Crippen molar-refractivity contribution in [2.45, 2.75) is 65.2 Å². The van der Waals surface area contributed by atoms with E-state index in [1.54, 1.807) is 0 Å². The predicted octanol–water partition coefficient (Wildman–Crippen LogP) is 2.43. The van der Waals surface area contributed by atoms with Crippen LogP contribution in [0.2, 0.25) is 0 Å². The molecule has 1 heterocycles. The number of carbonyl (C=O) groups is 1. The van der Waals surface area contributed by atoms with E-state index in [4.69, 9.17) is 0 Å². The standard InChI is InChI=1S/C12H25NO.C3H3N3O/c1-3-5-6-7-8-9-11-13-12(14)10-4-2;7-3-1-2-4-6-5-3/h3-11H2,1-2H3,(H,13,14);1-2H,(H,4,5,7). The van der Waals surface area contributed by atoms with Crippen LogP contribution in [0.4, 0.5) is 0 Å². The molecule has 1 amide bonds. The molecule has 21 heavy (non-hydrogen) atoms. The third kappa shape index (κ3) is 14.5.